The van der Waals surface area contributed by atoms with E-state index in [1.165, 1.54) is 16.5 Å². The number of methoxy groups -OCH3 is 2. The monoisotopic (exact) mass is 380 g/mol. The minimum atomic E-state index is 0.0979. The first-order valence-electron chi connectivity index (χ1n) is 9.63. The molecule has 0 radical (unpaired) electrons. The lowest BCUT2D eigenvalue weighted by Gasteiger charge is -2.10. The van der Waals surface area contributed by atoms with Gasteiger partial charge in [0.25, 0.3) is 0 Å². The molecular formula is C23H28N2O3. The first-order chi connectivity index (χ1) is 13.6. The number of aromatic nitrogens is 1. The molecule has 148 valence electrons. The molecule has 5 nitrogen and oxygen atoms in total. The molecule has 0 fully saturated rings. The Kier molecular flexibility index (Phi) is 6.58. The Labute approximate surface area is 166 Å². The van der Waals surface area contributed by atoms with E-state index in [2.05, 4.69) is 47.4 Å². The van der Waals surface area contributed by atoms with Crippen LogP contribution in [0.2, 0.25) is 0 Å². The normalized spacial score (nSPS) is 10.8. The van der Waals surface area contributed by atoms with Crippen LogP contribution in [-0.2, 0) is 24.7 Å². The molecule has 0 aliphatic heterocycles. The first-order valence-corrected chi connectivity index (χ1v) is 9.63. The second-order valence-electron chi connectivity index (χ2n) is 6.93. The van der Waals surface area contributed by atoms with Crippen molar-refractivity contribution in [2.75, 3.05) is 20.8 Å². The number of amides is 1. The fourth-order valence-electron chi connectivity index (χ4n) is 3.53. The predicted octanol–water partition coefficient (Wildman–Crippen LogP) is 3.88. The zero-order valence-electron chi connectivity index (χ0n) is 16.8. The maximum Gasteiger partial charge on any atom is 0.220 e. The largest absolute Gasteiger partial charge is 0.493 e. The Morgan fingerprint density at radius 3 is 2.61 bits per heavy atom. The Hall–Kier alpha value is -2.95. The van der Waals surface area contributed by atoms with Crippen LogP contribution >= 0.6 is 0 Å². The molecule has 0 atom stereocenters. The first kappa shape index (κ1) is 19.8. The maximum atomic E-state index is 12.2. The Balaban J connectivity index is 1.43. The standard InChI is InChI=1S/C23H28N2O3/c1-25-16-18(19-8-4-5-9-20(19)25)7-6-10-23(26)24-14-13-17-11-12-21(27-2)22(15-17)28-3/h4-5,8-9,11-12,15-16H,6-7,10,13-14H2,1-3H3,(H,24,26). The lowest BCUT2D eigenvalue weighted by molar-refractivity contribution is -0.121. The Bertz CT molecular complexity index is 946. The summed E-state index contributed by atoms with van der Waals surface area (Å²) in [5.74, 6) is 1.52. The second-order valence-corrected chi connectivity index (χ2v) is 6.93. The summed E-state index contributed by atoms with van der Waals surface area (Å²) in [6.07, 6.45) is 5.21. The number of carbonyl (C=O) groups is 1. The van der Waals surface area contributed by atoms with Crippen molar-refractivity contribution in [1.29, 1.82) is 0 Å². The SMILES string of the molecule is COc1ccc(CCNC(=O)CCCc2cn(C)c3ccccc23)cc1OC. The van der Waals surface area contributed by atoms with Crippen LogP contribution in [0.3, 0.4) is 0 Å². The number of hydrogen-bond acceptors (Lipinski definition) is 3. The van der Waals surface area contributed by atoms with Crippen molar-refractivity contribution in [2.24, 2.45) is 7.05 Å². The van der Waals surface area contributed by atoms with E-state index in [0.29, 0.717) is 24.5 Å². The van der Waals surface area contributed by atoms with Gasteiger partial charge in [0.1, 0.15) is 0 Å². The molecule has 1 amide bonds. The van der Waals surface area contributed by atoms with Crippen molar-refractivity contribution in [3.8, 4) is 11.5 Å². The van der Waals surface area contributed by atoms with Gasteiger partial charge in [-0.3, -0.25) is 4.79 Å². The van der Waals surface area contributed by atoms with Gasteiger partial charge in [0, 0.05) is 37.1 Å². The molecule has 1 N–H and O–H groups in total. The third-order valence-corrected chi connectivity index (χ3v) is 5.01. The van der Waals surface area contributed by atoms with E-state index >= 15 is 0 Å². The van der Waals surface area contributed by atoms with Crippen LogP contribution in [0.5, 0.6) is 11.5 Å². The number of carbonyl (C=O) groups excluding carboxylic acids is 1. The van der Waals surface area contributed by atoms with E-state index in [4.69, 9.17) is 9.47 Å². The van der Waals surface area contributed by atoms with Crippen LogP contribution in [0.15, 0.2) is 48.7 Å². The van der Waals surface area contributed by atoms with Gasteiger partial charge in [-0.05, 0) is 48.6 Å². The van der Waals surface area contributed by atoms with Gasteiger partial charge in [0.15, 0.2) is 11.5 Å². The van der Waals surface area contributed by atoms with Crippen molar-refractivity contribution >= 4 is 16.8 Å². The molecule has 2 aromatic carbocycles. The number of benzene rings is 2. The van der Waals surface area contributed by atoms with Crippen LogP contribution < -0.4 is 14.8 Å². The lowest BCUT2D eigenvalue weighted by atomic mass is 10.1. The van der Waals surface area contributed by atoms with Crippen molar-refractivity contribution in [1.82, 2.24) is 9.88 Å². The molecule has 0 bridgehead atoms. The third kappa shape index (κ3) is 4.66. The van der Waals surface area contributed by atoms with Gasteiger partial charge in [-0.25, -0.2) is 0 Å². The molecule has 0 unspecified atom stereocenters. The van der Waals surface area contributed by atoms with Crippen LogP contribution in [0.1, 0.15) is 24.0 Å². The molecule has 0 spiro atoms. The number of fused-ring (bicyclic) bond motifs is 1. The summed E-state index contributed by atoms with van der Waals surface area (Å²) in [6, 6.07) is 14.2. The van der Waals surface area contributed by atoms with Gasteiger partial charge >= 0.3 is 0 Å². The van der Waals surface area contributed by atoms with Gasteiger partial charge in [-0.15, -0.1) is 0 Å². The third-order valence-electron chi connectivity index (χ3n) is 5.01. The zero-order valence-corrected chi connectivity index (χ0v) is 16.8. The highest BCUT2D eigenvalue weighted by molar-refractivity contribution is 5.84. The predicted molar refractivity (Wildman–Crippen MR) is 112 cm³/mol. The van der Waals surface area contributed by atoms with Gasteiger partial charge in [0.2, 0.25) is 5.91 Å². The van der Waals surface area contributed by atoms with Crippen LogP contribution in [0.4, 0.5) is 0 Å². The van der Waals surface area contributed by atoms with Gasteiger partial charge in [0.05, 0.1) is 14.2 Å². The highest BCUT2D eigenvalue weighted by Gasteiger charge is 2.08. The second kappa shape index (κ2) is 9.31. The van der Waals surface area contributed by atoms with E-state index in [1.807, 2.05) is 18.2 Å². The molecule has 0 aliphatic rings. The Morgan fingerprint density at radius 1 is 1.04 bits per heavy atom. The van der Waals surface area contributed by atoms with E-state index in [-0.39, 0.29) is 5.91 Å². The molecular weight excluding hydrogens is 352 g/mol. The van der Waals surface area contributed by atoms with Crippen LogP contribution in [-0.4, -0.2) is 31.2 Å². The molecule has 1 heterocycles. The average molecular weight is 380 g/mol. The number of nitrogens with zero attached hydrogens (tertiary/aromatic N) is 1. The Morgan fingerprint density at radius 2 is 1.82 bits per heavy atom. The minimum absolute atomic E-state index is 0.0979. The summed E-state index contributed by atoms with van der Waals surface area (Å²) in [7, 11) is 5.31. The number of nitrogens with one attached hydrogen (secondary N) is 1. The quantitative estimate of drug-likeness (QED) is 0.613. The summed E-state index contributed by atoms with van der Waals surface area (Å²) in [5, 5.41) is 4.29. The number of para-hydroxylation sites is 1. The molecule has 3 rings (SSSR count). The molecule has 0 aliphatic carbocycles. The molecule has 3 aromatic rings. The molecule has 0 saturated heterocycles. The molecule has 0 saturated carbocycles. The maximum absolute atomic E-state index is 12.2. The van der Waals surface area contributed by atoms with Crippen LogP contribution in [0.25, 0.3) is 10.9 Å². The highest BCUT2D eigenvalue weighted by Crippen LogP contribution is 2.27. The van der Waals surface area contributed by atoms with Crippen molar-refractivity contribution in [3.05, 3.63) is 59.8 Å². The summed E-state index contributed by atoms with van der Waals surface area (Å²) >= 11 is 0. The smallest absolute Gasteiger partial charge is 0.220 e. The summed E-state index contributed by atoms with van der Waals surface area (Å²) < 4.78 is 12.7. The van der Waals surface area contributed by atoms with Crippen molar-refractivity contribution < 1.29 is 14.3 Å². The van der Waals surface area contributed by atoms with E-state index in [1.54, 1.807) is 14.2 Å². The number of hydrogen-bond donors (Lipinski definition) is 1. The fraction of sp³-hybridized carbons (Fsp3) is 0.348. The van der Waals surface area contributed by atoms with Gasteiger partial charge < -0.3 is 19.4 Å². The minimum Gasteiger partial charge on any atom is -0.493 e. The summed E-state index contributed by atoms with van der Waals surface area (Å²) in [4.78, 5) is 12.2. The summed E-state index contributed by atoms with van der Waals surface area (Å²) in [6.45, 7) is 0.614. The lowest BCUT2D eigenvalue weighted by Crippen LogP contribution is -2.25. The number of aryl methyl sites for hydroxylation is 2. The average Bonchev–Trinajstić information content (AvgIpc) is 3.04. The van der Waals surface area contributed by atoms with E-state index in [9.17, 15) is 4.79 Å². The van der Waals surface area contributed by atoms with E-state index in [0.717, 1.165) is 24.8 Å². The summed E-state index contributed by atoms with van der Waals surface area (Å²) in [5.41, 5.74) is 3.64. The van der Waals surface area contributed by atoms with Crippen LogP contribution in [0, 0.1) is 0 Å². The molecule has 5 heteroatoms. The fourth-order valence-corrected chi connectivity index (χ4v) is 3.53. The topological polar surface area (TPSA) is 52.5 Å². The molecule has 28 heavy (non-hydrogen) atoms. The van der Waals surface area contributed by atoms with Crippen molar-refractivity contribution in [2.45, 2.75) is 25.7 Å². The highest BCUT2D eigenvalue weighted by atomic mass is 16.5. The number of ether oxygens (including phenoxy) is 2. The van der Waals surface area contributed by atoms with Gasteiger partial charge in [-0.2, -0.15) is 0 Å². The molecule has 1 aromatic heterocycles. The van der Waals surface area contributed by atoms with Gasteiger partial charge in [-0.1, -0.05) is 24.3 Å². The zero-order chi connectivity index (χ0) is 19.9. The van der Waals surface area contributed by atoms with E-state index < -0.39 is 0 Å². The van der Waals surface area contributed by atoms with Crippen molar-refractivity contribution in [3.63, 3.8) is 0 Å². The number of rotatable bonds is 9.